The van der Waals surface area contributed by atoms with Crippen LogP contribution in [-0.2, 0) is 11.8 Å². The lowest BCUT2D eigenvalue weighted by molar-refractivity contribution is -0.114. The van der Waals surface area contributed by atoms with E-state index in [0.29, 0.717) is 11.4 Å². The number of aromatic amines is 1. The van der Waals surface area contributed by atoms with E-state index in [2.05, 4.69) is 15.3 Å². The average molecular weight is 318 g/mol. The Labute approximate surface area is 131 Å². The van der Waals surface area contributed by atoms with Crippen molar-refractivity contribution in [3.63, 3.8) is 0 Å². The van der Waals surface area contributed by atoms with E-state index in [1.54, 1.807) is 24.3 Å². The van der Waals surface area contributed by atoms with Crippen molar-refractivity contribution in [2.75, 3.05) is 5.32 Å². The maximum absolute atomic E-state index is 11.8. The topological polar surface area (TPSA) is 99.5 Å². The Balaban J connectivity index is 2.30. The lowest BCUT2D eigenvalue weighted by Crippen LogP contribution is -2.17. The Kier molecular flexibility index (Phi) is 4.52. The third kappa shape index (κ3) is 3.47. The maximum Gasteiger partial charge on any atom is 0.264 e. The van der Waals surface area contributed by atoms with Crippen molar-refractivity contribution in [2.24, 2.45) is 12.0 Å². The molecular weight excluding hydrogens is 304 g/mol. The van der Waals surface area contributed by atoms with E-state index in [4.69, 9.17) is 12.2 Å². The molecule has 0 bridgehead atoms. The van der Waals surface area contributed by atoms with Gasteiger partial charge in [-0.3, -0.25) is 24.1 Å². The average Bonchev–Trinajstić information content (AvgIpc) is 2.46. The molecule has 1 aromatic carbocycles. The standard InChI is InChI=1S/C14H14N4O3S/c1-8(19)16-10-5-3-9(4-6-10)15-7-11-12(20)17-14(22)18(2)13(11)21/h3-7,21H,1-2H3,(H,16,19)(H,17,20,22). The highest BCUT2D eigenvalue weighted by Gasteiger charge is 2.07. The van der Waals surface area contributed by atoms with Gasteiger partial charge in [-0.15, -0.1) is 0 Å². The zero-order chi connectivity index (χ0) is 16.3. The van der Waals surface area contributed by atoms with Gasteiger partial charge in [0.1, 0.15) is 5.56 Å². The molecule has 0 spiro atoms. The lowest BCUT2D eigenvalue weighted by Gasteiger charge is -2.05. The van der Waals surface area contributed by atoms with Crippen LogP contribution >= 0.6 is 12.2 Å². The summed E-state index contributed by atoms with van der Waals surface area (Å²) in [7, 11) is 1.53. The van der Waals surface area contributed by atoms with Crippen LogP contribution in [0.15, 0.2) is 34.1 Å². The second-order valence-corrected chi connectivity index (χ2v) is 4.93. The molecule has 7 nitrogen and oxygen atoms in total. The summed E-state index contributed by atoms with van der Waals surface area (Å²) in [5.41, 5.74) is 0.716. The van der Waals surface area contributed by atoms with Crippen LogP contribution in [-0.4, -0.2) is 26.8 Å². The van der Waals surface area contributed by atoms with Gasteiger partial charge in [0.15, 0.2) is 4.77 Å². The molecule has 0 aliphatic rings. The van der Waals surface area contributed by atoms with E-state index in [9.17, 15) is 14.7 Å². The van der Waals surface area contributed by atoms with Crippen molar-refractivity contribution in [3.8, 4) is 5.88 Å². The Morgan fingerprint density at radius 3 is 2.64 bits per heavy atom. The highest BCUT2D eigenvalue weighted by Crippen LogP contribution is 2.17. The minimum atomic E-state index is -0.515. The molecule has 2 rings (SSSR count). The van der Waals surface area contributed by atoms with E-state index < -0.39 is 5.56 Å². The fourth-order valence-corrected chi connectivity index (χ4v) is 1.90. The van der Waals surface area contributed by atoms with E-state index in [1.165, 1.54) is 24.8 Å². The number of aromatic hydroxyl groups is 1. The minimum Gasteiger partial charge on any atom is -0.494 e. The number of benzene rings is 1. The SMILES string of the molecule is CC(=O)Nc1ccc(N=Cc2c(O)n(C)c(=S)[nH]c2=O)cc1. The van der Waals surface area contributed by atoms with Crippen LogP contribution in [0.2, 0.25) is 0 Å². The highest BCUT2D eigenvalue weighted by molar-refractivity contribution is 7.71. The molecule has 1 aromatic heterocycles. The fraction of sp³-hybridized carbons (Fsp3) is 0.143. The van der Waals surface area contributed by atoms with Crippen LogP contribution in [0.5, 0.6) is 5.88 Å². The molecular formula is C14H14N4O3S. The molecule has 8 heteroatoms. The number of rotatable bonds is 3. The fourth-order valence-electron chi connectivity index (χ4n) is 1.72. The van der Waals surface area contributed by atoms with Crippen molar-refractivity contribution < 1.29 is 9.90 Å². The van der Waals surface area contributed by atoms with Crippen molar-refractivity contribution in [2.45, 2.75) is 6.92 Å². The number of anilines is 1. The van der Waals surface area contributed by atoms with Gasteiger partial charge in [0, 0.05) is 25.9 Å². The quantitative estimate of drug-likeness (QED) is 0.594. The summed E-state index contributed by atoms with van der Waals surface area (Å²) >= 11 is 4.88. The number of hydrogen-bond acceptors (Lipinski definition) is 5. The van der Waals surface area contributed by atoms with E-state index in [1.807, 2.05) is 0 Å². The van der Waals surface area contributed by atoms with Gasteiger partial charge in [0.05, 0.1) is 5.69 Å². The number of nitrogens with zero attached hydrogens (tertiary/aromatic N) is 2. The second-order valence-electron chi connectivity index (χ2n) is 4.54. The second kappa shape index (κ2) is 6.35. The normalized spacial score (nSPS) is 10.8. The van der Waals surface area contributed by atoms with Gasteiger partial charge < -0.3 is 10.4 Å². The summed E-state index contributed by atoms with van der Waals surface area (Å²) in [5.74, 6) is -0.420. The van der Waals surface area contributed by atoms with E-state index in [-0.39, 0.29) is 22.1 Å². The highest BCUT2D eigenvalue weighted by atomic mass is 32.1. The first-order chi connectivity index (χ1) is 10.4. The molecule has 0 fully saturated rings. The van der Waals surface area contributed by atoms with Gasteiger partial charge >= 0.3 is 0 Å². The van der Waals surface area contributed by atoms with Crippen molar-refractivity contribution >= 4 is 35.7 Å². The molecule has 2 aromatic rings. The minimum absolute atomic E-state index is 0.0158. The molecule has 114 valence electrons. The maximum atomic E-state index is 11.8. The van der Waals surface area contributed by atoms with Crippen molar-refractivity contribution in [1.29, 1.82) is 0 Å². The van der Waals surface area contributed by atoms with Crippen molar-refractivity contribution in [3.05, 3.63) is 45.0 Å². The number of amides is 1. The smallest absolute Gasteiger partial charge is 0.264 e. The molecule has 22 heavy (non-hydrogen) atoms. The van der Waals surface area contributed by atoms with Crippen molar-refractivity contribution in [1.82, 2.24) is 9.55 Å². The number of H-pyrrole nitrogens is 1. The van der Waals surface area contributed by atoms with Gasteiger partial charge in [-0.2, -0.15) is 0 Å². The van der Waals surface area contributed by atoms with Crippen LogP contribution in [0.25, 0.3) is 0 Å². The first-order valence-electron chi connectivity index (χ1n) is 6.32. The lowest BCUT2D eigenvalue weighted by atomic mass is 10.2. The third-order valence-corrected chi connectivity index (χ3v) is 3.23. The van der Waals surface area contributed by atoms with Crippen LogP contribution < -0.4 is 10.9 Å². The molecule has 0 aliphatic heterocycles. The number of aliphatic imine (C=N–C) groups is 1. The number of nitrogens with one attached hydrogen (secondary N) is 2. The molecule has 0 unspecified atom stereocenters. The van der Waals surface area contributed by atoms with Crippen LogP contribution in [0, 0.1) is 4.77 Å². The molecule has 0 radical (unpaired) electrons. The zero-order valence-corrected chi connectivity index (χ0v) is 12.8. The van der Waals surface area contributed by atoms with Gasteiger partial charge in [-0.1, -0.05) is 0 Å². The number of carbonyl (C=O) groups is 1. The third-order valence-electron chi connectivity index (χ3n) is 2.86. The van der Waals surface area contributed by atoms with Gasteiger partial charge in [0.2, 0.25) is 11.8 Å². The monoisotopic (exact) mass is 318 g/mol. The van der Waals surface area contributed by atoms with Gasteiger partial charge in [-0.05, 0) is 36.5 Å². The molecule has 3 N–H and O–H groups in total. The molecule has 0 aliphatic carbocycles. The molecule has 0 saturated carbocycles. The Bertz CT molecular complexity index is 850. The summed E-state index contributed by atoms with van der Waals surface area (Å²) in [6, 6.07) is 6.72. The predicted molar refractivity (Wildman–Crippen MR) is 86.5 cm³/mol. The Morgan fingerprint density at radius 1 is 1.41 bits per heavy atom. The molecule has 1 heterocycles. The summed E-state index contributed by atoms with van der Waals surface area (Å²) < 4.78 is 1.40. The number of carbonyl (C=O) groups excluding carboxylic acids is 1. The van der Waals surface area contributed by atoms with Crippen LogP contribution in [0.3, 0.4) is 0 Å². The predicted octanol–water partition coefficient (Wildman–Crippen LogP) is 1.86. The molecule has 1 amide bonds. The van der Waals surface area contributed by atoms with Crippen LogP contribution in [0.4, 0.5) is 11.4 Å². The molecule has 0 atom stereocenters. The number of aromatic nitrogens is 2. The first kappa shape index (κ1) is 15.6. The number of hydrogen-bond donors (Lipinski definition) is 3. The summed E-state index contributed by atoms with van der Waals surface area (Å²) in [6.45, 7) is 1.42. The van der Waals surface area contributed by atoms with Gasteiger partial charge in [-0.25, -0.2) is 0 Å². The first-order valence-corrected chi connectivity index (χ1v) is 6.73. The molecule has 0 saturated heterocycles. The zero-order valence-electron chi connectivity index (χ0n) is 12.0. The van der Waals surface area contributed by atoms with Crippen LogP contribution in [0.1, 0.15) is 12.5 Å². The Hall–Kier alpha value is -2.74. The van der Waals surface area contributed by atoms with E-state index in [0.717, 1.165) is 0 Å². The van der Waals surface area contributed by atoms with E-state index >= 15 is 0 Å². The summed E-state index contributed by atoms with van der Waals surface area (Å²) in [5, 5.41) is 12.6. The summed E-state index contributed by atoms with van der Waals surface area (Å²) in [4.78, 5) is 29.3. The summed E-state index contributed by atoms with van der Waals surface area (Å²) in [6.07, 6.45) is 1.26. The largest absolute Gasteiger partial charge is 0.494 e. The van der Waals surface area contributed by atoms with Gasteiger partial charge in [0.25, 0.3) is 5.56 Å². The Morgan fingerprint density at radius 2 is 2.05 bits per heavy atom.